The number of nitrogens with one attached hydrogen (secondary N) is 1. The van der Waals surface area contributed by atoms with Gasteiger partial charge in [0.25, 0.3) is 5.91 Å². The average Bonchev–Trinajstić information content (AvgIpc) is 2.93. The molecule has 1 amide bonds. The molecule has 1 N–H and O–H groups in total. The van der Waals surface area contributed by atoms with E-state index in [1.165, 1.54) is 0 Å². The Morgan fingerprint density at radius 1 is 1.47 bits per heavy atom. The zero-order chi connectivity index (χ0) is 13.7. The minimum Gasteiger partial charge on any atom is -0.484 e. The van der Waals surface area contributed by atoms with Crippen LogP contribution in [-0.2, 0) is 4.79 Å². The van der Waals surface area contributed by atoms with Crippen LogP contribution in [0.15, 0.2) is 24.3 Å². The second kappa shape index (κ2) is 6.78. The maximum atomic E-state index is 12.1. The fraction of sp³-hybridized carbons (Fsp3) is 0.500. The second-order valence-electron chi connectivity index (χ2n) is 4.57. The van der Waals surface area contributed by atoms with Crippen LogP contribution >= 0.6 is 11.6 Å². The number of nitrogens with zero attached hydrogens (tertiary/aromatic N) is 1. The number of carbonyl (C=O) groups is 1. The van der Waals surface area contributed by atoms with E-state index >= 15 is 0 Å². The first-order valence-corrected chi connectivity index (χ1v) is 6.97. The number of ether oxygens (including phenoxy) is 1. The highest BCUT2D eigenvalue weighted by Crippen LogP contribution is 2.16. The van der Waals surface area contributed by atoms with Crippen LogP contribution in [0.25, 0.3) is 0 Å². The molecule has 1 heterocycles. The highest BCUT2D eigenvalue weighted by Gasteiger charge is 2.25. The lowest BCUT2D eigenvalue weighted by atomic mass is 10.2. The zero-order valence-corrected chi connectivity index (χ0v) is 11.8. The summed E-state index contributed by atoms with van der Waals surface area (Å²) < 4.78 is 5.49. The smallest absolute Gasteiger partial charge is 0.260 e. The molecule has 0 aliphatic carbocycles. The summed E-state index contributed by atoms with van der Waals surface area (Å²) in [6.45, 7) is 4.65. The van der Waals surface area contributed by atoms with Crippen molar-refractivity contribution in [1.29, 1.82) is 0 Å². The molecular formula is C14H19ClN2O2. The molecule has 1 fully saturated rings. The standard InChI is InChI=1S/C14H19ClN2O2/c1-2-17(12-7-8-16-9-12)14(18)10-19-13-5-3-11(15)4-6-13/h3-6,12,16H,2,7-10H2,1H3. The van der Waals surface area contributed by atoms with E-state index in [1.54, 1.807) is 24.3 Å². The molecule has 1 saturated heterocycles. The van der Waals surface area contributed by atoms with Gasteiger partial charge in [-0.25, -0.2) is 0 Å². The van der Waals surface area contributed by atoms with Crippen molar-refractivity contribution >= 4 is 17.5 Å². The number of likely N-dealkylation sites (N-methyl/N-ethyl adjacent to an activating group) is 1. The predicted octanol–water partition coefficient (Wildman–Crippen LogP) is 1.93. The SMILES string of the molecule is CCN(C(=O)COc1ccc(Cl)cc1)C1CCNC1. The molecule has 1 aromatic carbocycles. The molecule has 0 saturated carbocycles. The topological polar surface area (TPSA) is 41.6 Å². The molecule has 2 rings (SSSR count). The number of halogens is 1. The van der Waals surface area contributed by atoms with Crippen LogP contribution < -0.4 is 10.1 Å². The Balaban J connectivity index is 1.86. The fourth-order valence-electron chi connectivity index (χ4n) is 2.30. The van der Waals surface area contributed by atoms with Crippen LogP contribution in [0.5, 0.6) is 5.75 Å². The molecule has 1 aromatic rings. The van der Waals surface area contributed by atoms with E-state index in [0.29, 0.717) is 16.8 Å². The molecule has 0 radical (unpaired) electrons. The van der Waals surface area contributed by atoms with E-state index in [-0.39, 0.29) is 12.5 Å². The van der Waals surface area contributed by atoms with Crippen molar-refractivity contribution < 1.29 is 9.53 Å². The van der Waals surface area contributed by atoms with Gasteiger partial charge in [-0.05, 0) is 44.2 Å². The molecule has 5 heteroatoms. The van der Waals surface area contributed by atoms with Gasteiger partial charge >= 0.3 is 0 Å². The number of carbonyl (C=O) groups excluding carboxylic acids is 1. The summed E-state index contributed by atoms with van der Waals surface area (Å²) in [4.78, 5) is 14.0. The number of hydrogen-bond donors (Lipinski definition) is 1. The van der Waals surface area contributed by atoms with Crippen molar-refractivity contribution in [2.24, 2.45) is 0 Å². The minimum atomic E-state index is 0.0335. The van der Waals surface area contributed by atoms with Crippen LogP contribution in [0.3, 0.4) is 0 Å². The fourth-order valence-corrected chi connectivity index (χ4v) is 2.43. The maximum Gasteiger partial charge on any atom is 0.260 e. The van der Waals surface area contributed by atoms with E-state index in [4.69, 9.17) is 16.3 Å². The predicted molar refractivity (Wildman–Crippen MR) is 75.6 cm³/mol. The van der Waals surface area contributed by atoms with Crippen LogP contribution in [0.4, 0.5) is 0 Å². The molecule has 1 atom stereocenters. The lowest BCUT2D eigenvalue weighted by Crippen LogP contribution is -2.43. The van der Waals surface area contributed by atoms with Crippen molar-refractivity contribution in [2.75, 3.05) is 26.2 Å². The molecule has 1 aliphatic rings. The van der Waals surface area contributed by atoms with E-state index in [0.717, 1.165) is 26.1 Å². The third-order valence-corrected chi connectivity index (χ3v) is 3.56. The first-order chi connectivity index (χ1) is 9.20. The Morgan fingerprint density at radius 2 is 2.21 bits per heavy atom. The number of benzene rings is 1. The van der Waals surface area contributed by atoms with E-state index < -0.39 is 0 Å². The van der Waals surface area contributed by atoms with Crippen LogP contribution in [-0.4, -0.2) is 43.1 Å². The highest BCUT2D eigenvalue weighted by molar-refractivity contribution is 6.30. The molecule has 1 unspecified atom stereocenters. The monoisotopic (exact) mass is 282 g/mol. The van der Waals surface area contributed by atoms with Gasteiger partial charge in [0.05, 0.1) is 0 Å². The summed E-state index contributed by atoms with van der Waals surface area (Å²) in [5.74, 6) is 0.699. The van der Waals surface area contributed by atoms with Crippen LogP contribution in [0.2, 0.25) is 5.02 Å². The van der Waals surface area contributed by atoms with Gasteiger partial charge in [0, 0.05) is 24.2 Å². The van der Waals surface area contributed by atoms with E-state index in [2.05, 4.69) is 5.32 Å². The molecule has 0 bridgehead atoms. The third-order valence-electron chi connectivity index (χ3n) is 3.31. The first-order valence-electron chi connectivity index (χ1n) is 6.59. The summed E-state index contributed by atoms with van der Waals surface area (Å²) >= 11 is 5.80. The Bertz CT molecular complexity index is 416. The van der Waals surface area contributed by atoms with E-state index in [9.17, 15) is 4.79 Å². The van der Waals surface area contributed by atoms with Crippen molar-refractivity contribution in [1.82, 2.24) is 10.2 Å². The van der Waals surface area contributed by atoms with Crippen molar-refractivity contribution in [3.8, 4) is 5.75 Å². The molecule has 0 aromatic heterocycles. The second-order valence-corrected chi connectivity index (χ2v) is 5.01. The number of hydrogen-bond acceptors (Lipinski definition) is 3. The van der Waals surface area contributed by atoms with Crippen molar-refractivity contribution in [3.05, 3.63) is 29.3 Å². The molecule has 104 valence electrons. The quantitative estimate of drug-likeness (QED) is 0.897. The maximum absolute atomic E-state index is 12.1. The van der Waals surface area contributed by atoms with Gasteiger partial charge in [-0.15, -0.1) is 0 Å². The summed E-state index contributed by atoms with van der Waals surface area (Å²) in [5.41, 5.74) is 0. The normalized spacial score (nSPS) is 18.3. The Hall–Kier alpha value is -1.26. The Labute approximate surface area is 118 Å². The van der Waals surface area contributed by atoms with Crippen molar-refractivity contribution in [2.45, 2.75) is 19.4 Å². The Kier molecular flexibility index (Phi) is 5.05. The molecule has 1 aliphatic heterocycles. The summed E-state index contributed by atoms with van der Waals surface area (Å²) in [5, 5.41) is 3.93. The van der Waals surface area contributed by atoms with Gasteiger partial charge in [-0.1, -0.05) is 11.6 Å². The largest absolute Gasteiger partial charge is 0.484 e. The van der Waals surface area contributed by atoms with Crippen molar-refractivity contribution in [3.63, 3.8) is 0 Å². The van der Waals surface area contributed by atoms with Crippen LogP contribution in [0.1, 0.15) is 13.3 Å². The summed E-state index contributed by atoms with van der Waals surface area (Å²) in [6.07, 6.45) is 1.01. The van der Waals surface area contributed by atoms with Gasteiger partial charge < -0.3 is 15.0 Å². The molecular weight excluding hydrogens is 264 g/mol. The third kappa shape index (κ3) is 3.85. The zero-order valence-electron chi connectivity index (χ0n) is 11.1. The number of rotatable bonds is 5. The van der Waals surface area contributed by atoms with Gasteiger partial charge in [0.1, 0.15) is 5.75 Å². The summed E-state index contributed by atoms with van der Waals surface area (Å²) in [7, 11) is 0. The number of amides is 1. The minimum absolute atomic E-state index is 0.0335. The molecule has 0 spiro atoms. The summed E-state index contributed by atoms with van der Waals surface area (Å²) in [6, 6.07) is 7.33. The van der Waals surface area contributed by atoms with Gasteiger partial charge in [-0.3, -0.25) is 4.79 Å². The Morgan fingerprint density at radius 3 is 2.79 bits per heavy atom. The van der Waals surface area contributed by atoms with Crippen LogP contribution in [0, 0.1) is 0 Å². The highest BCUT2D eigenvalue weighted by atomic mass is 35.5. The first kappa shape index (κ1) is 14.2. The van der Waals surface area contributed by atoms with Gasteiger partial charge in [0.2, 0.25) is 0 Å². The lowest BCUT2D eigenvalue weighted by Gasteiger charge is -2.27. The van der Waals surface area contributed by atoms with Gasteiger partial charge in [0.15, 0.2) is 6.61 Å². The molecule has 19 heavy (non-hydrogen) atoms. The molecule has 4 nitrogen and oxygen atoms in total. The van der Waals surface area contributed by atoms with Gasteiger partial charge in [-0.2, -0.15) is 0 Å². The lowest BCUT2D eigenvalue weighted by molar-refractivity contribution is -0.135. The van der Waals surface area contributed by atoms with E-state index in [1.807, 2.05) is 11.8 Å². The average molecular weight is 283 g/mol.